The largest absolute Gasteiger partial charge is 0.358 e. The van der Waals surface area contributed by atoms with Gasteiger partial charge in [-0.1, -0.05) is 19.1 Å². The maximum Gasteiger partial charge on any atom is 0.243 e. The number of hydrogen-bond donors (Lipinski definition) is 2. The lowest BCUT2D eigenvalue weighted by Gasteiger charge is -2.19. The van der Waals surface area contributed by atoms with Crippen LogP contribution in [0.15, 0.2) is 29.2 Å². The van der Waals surface area contributed by atoms with Gasteiger partial charge in [0.1, 0.15) is 0 Å². The molecule has 0 atom stereocenters. The van der Waals surface area contributed by atoms with Gasteiger partial charge in [-0.2, -0.15) is 4.31 Å². The Labute approximate surface area is 113 Å². The summed E-state index contributed by atoms with van der Waals surface area (Å²) < 4.78 is 25.9. The van der Waals surface area contributed by atoms with Gasteiger partial charge in [-0.3, -0.25) is 4.79 Å². The van der Waals surface area contributed by atoms with Gasteiger partial charge in [-0.05, 0) is 17.7 Å². The highest BCUT2D eigenvalue weighted by Gasteiger charge is 2.24. The van der Waals surface area contributed by atoms with Gasteiger partial charge < -0.3 is 11.1 Å². The van der Waals surface area contributed by atoms with Gasteiger partial charge in [0.2, 0.25) is 15.9 Å². The van der Waals surface area contributed by atoms with E-state index in [2.05, 4.69) is 5.32 Å². The molecule has 1 rings (SSSR count). The van der Waals surface area contributed by atoms with E-state index in [-0.39, 0.29) is 30.4 Å². The lowest BCUT2D eigenvalue weighted by Crippen LogP contribution is -2.39. The number of nitrogens with two attached hydrogens (primary N) is 1. The number of amides is 1. The average Bonchev–Trinajstić information content (AvgIpc) is 2.44. The number of nitrogens with zero attached hydrogens (tertiary/aromatic N) is 1. The van der Waals surface area contributed by atoms with E-state index in [1.165, 1.54) is 19.2 Å². The van der Waals surface area contributed by atoms with E-state index in [1.54, 1.807) is 19.1 Å². The molecule has 3 N–H and O–H groups in total. The number of benzene rings is 1. The van der Waals surface area contributed by atoms with E-state index in [9.17, 15) is 13.2 Å². The summed E-state index contributed by atoms with van der Waals surface area (Å²) in [5, 5.41) is 2.41. The minimum absolute atomic E-state index is 0.154. The summed E-state index contributed by atoms with van der Waals surface area (Å²) >= 11 is 0. The molecule has 106 valence electrons. The van der Waals surface area contributed by atoms with Crippen LogP contribution in [0.25, 0.3) is 0 Å². The van der Waals surface area contributed by atoms with Crippen LogP contribution >= 0.6 is 0 Å². The van der Waals surface area contributed by atoms with E-state index in [0.717, 1.165) is 9.87 Å². The molecule has 1 aromatic rings. The van der Waals surface area contributed by atoms with Crippen molar-refractivity contribution in [2.45, 2.75) is 18.4 Å². The molecule has 0 unspecified atom stereocenters. The van der Waals surface area contributed by atoms with Crippen molar-refractivity contribution in [1.82, 2.24) is 9.62 Å². The van der Waals surface area contributed by atoms with Crippen LogP contribution in [-0.4, -0.2) is 38.8 Å². The van der Waals surface area contributed by atoms with E-state index >= 15 is 0 Å². The van der Waals surface area contributed by atoms with E-state index in [4.69, 9.17) is 5.73 Å². The first kappa shape index (κ1) is 15.6. The standard InChI is InChI=1S/C12H19N3O3S/c1-3-15(9-12(16)14-2)19(17,18)11-6-4-5-10(7-11)8-13/h4-7H,3,8-9,13H2,1-2H3,(H,14,16). The van der Waals surface area contributed by atoms with E-state index in [1.807, 2.05) is 0 Å². The predicted molar refractivity (Wildman–Crippen MR) is 72.8 cm³/mol. The molecule has 7 heteroatoms. The summed E-state index contributed by atoms with van der Waals surface area (Å²) in [6.45, 7) is 1.99. The Bertz CT molecular complexity index is 543. The maximum atomic E-state index is 12.4. The Balaban J connectivity index is 3.09. The highest BCUT2D eigenvalue weighted by molar-refractivity contribution is 7.89. The molecule has 0 saturated carbocycles. The highest BCUT2D eigenvalue weighted by Crippen LogP contribution is 2.16. The van der Waals surface area contributed by atoms with Crippen LogP contribution in [0.1, 0.15) is 12.5 Å². The topological polar surface area (TPSA) is 92.5 Å². The van der Waals surface area contributed by atoms with Gasteiger partial charge in [-0.15, -0.1) is 0 Å². The van der Waals surface area contributed by atoms with Crippen LogP contribution < -0.4 is 11.1 Å². The van der Waals surface area contributed by atoms with Gasteiger partial charge in [-0.25, -0.2) is 8.42 Å². The average molecular weight is 285 g/mol. The van der Waals surface area contributed by atoms with Crippen molar-refractivity contribution >= 4 is 15.9 Å². The molecular weight excluding hydrogens is 266 g/mol. The molecule has 0 heterocycles. The van der Waals surface area contributed by atoms with Gasteiger partial charge in [0.05, 0.1) is 11.4 Å². The normalized spacial score (nSPS) is 11.6. The number of sulfonamides is 1. The number of rotatable bonds is 6. The number of carbonyl (C=O) groups is 1. The van der Waals surface area contributed by atoms with Crippen LogP contribution in [0.3, 0.4) is 0 Å². The first-order chi connectivity index (χ1) is 8.95. The summed E-state index contributed by atoms with van der Waals surface area (Å²) in [4.78, 5) is 11.5. The second-order valence-corrected chi connectivity index (χ2v) is 5.89. The second kappa shape index (κ2) is 6.65. The number of hydrogen-bond acceptors (Lipinski definition) is 4. The maximum absolute atomic E-state index is 12.4. The molecule has 0 radical (unpaired) electrons. The smallest absolute Gasteiger partial charge is 0.243 e. The SMILES string of the molecule is CCN(CC(=O)NC)S(=O)(=O)c1cccc(CN)c1. The third kappa shape index (κ3) is 3.76. The fourth-order valence-electron chi connectivity index (χ4n) is 1.59. The Kier molecular flexibility index (Phi) is 5.46. The molecule has 0 aromatic heterocycles. The second-order valence-electron chi connectivity index (χ2n) is 3.96. The van der Waals surface area contributed by atoms with E-state index in [0.29, 0.717) is 0 Å². The van der Waals surface area contributed by atoms with Crippen LogP contribution in [0.4, 0.5) is 0 Å². The Hall–Kier alpha value is -1.44. The Morgan fingerprint density at radius 1 is 1.42 bits per heavy atom. The third-order valence-corrected chi connectivity index (χ3v) is 4.64. The fraction of sp³-hybridized carbons (Fsp3) is 0.417. The van der Waals surface area contributed by atoms with Crippen LogP contribution in [0.2, 0.25) is 0 Å². The quantitative estimate of drug-likeness (QED) is 0.763. The summed E-state index contributed by atoms with van der Waals surface area (Å²) in [7, 11) is -2.20. The molecule has 0 aliphatic carbocycles. The predicted octanol–water partition coefficient (Wildman–Crippen LogP) is -0.0981. The first-order valence-electron chi connectivity index (χ1n) is 5.95. The van der Waals surface area contributed by atoms with Crippen molar-refractivity contribution < 1.29 is 13.2 Å². The highest BCUT2D eigenvalue weighted by atomic mass is 32.2. The minimum atomic E-state index is -3.67. The third-order valence-electron chi connectivity index (χ3n) is 2.72. The minimum Gasteiger partial charge on any atom is -0.358 e. The molecule has 0 spiro atoms. The van der Waals surface area contributed by atoms with Crippen molar-refractivity contribution in [3.8, 4) is 0 Å². The lowest BCUT2D eigenvalue weighted by molar-refractivity contribution is -0.120. The van der Waals surface area contributed by atoms with Crippen LogP contribution in [0.5, 0.6) is 0 Å². The lowest BCUT2D eigenvalue weighted by atomic mass is 10.2. The van der Waals surface area contributed by atoms with Crippen molar-refractivity contribution in [2.24, 2.45) is 5.73 Å². The van der Waals surface area contributed by atoms with Crippen LogP contribution in [-0.2, 0) is 21.4 Å². The zero-order chi connectivity index (χ0) is 14.5. The Morgan fingerprint density at radius 3 is 2.63 bits per heavy atom. The molecule has 0 bridgehead atoms. The zero-order valence-corrected chi connectivity index (χ0v) is 11.9. The molecule has 6 nitrogen and oxygen atoms in total. The summed E-state index contributed by atoms with van der Waals surface area (Å²) in [5.74, 6) is -0.347. The van der Waals surface area contributed by atoms with Gasteiger partial charge in [0, 0.05) is 20.1 Å². The molecule has 1 amide bonds. The number of nitrogens with one attached hydrogen (secondary N) is 1. The fourth-order valence-corrected chi connectivity index (χ4v) is 3.06. The number of carbonyl (C=O) groups excluding carboxylic acids is 1. The molecule has 19 heavy (non-hydrogen) atoms. The van der Waals surface area contributed by atoms with Gasteiger partial charge >= 0.3 is 0 Å². The molecule has 1 aromatic carbocycles. The van der Waals surface area contributed by atoms with Crippen LogP contribution in [0, 0.1) is 0 Å². The van der Waals surface area contributed by atoms with Gasteiger partial charge in [0.25, 0.3) is 0 Å². The van der Waals surface area contributed by atoms with E-state index < -0.39 is 10.0 Å². The summed E-state index contributed by atoms with van der Waals surface area (Å²) in [6.07, 6.45) is 0. The summed E-state index contributed by atoms with van der Waals surface area (Å²) in [5.41, 5.74) is 6.23. The van der Waals surface area contributed by atoms with Crippen molar-refractivity contribution in [3.63, 3.8) is 0 Å². The molecule has 0 aliphatic rings. The van der Waals surface area contributed by atoms with Crippen molar-refractivity contribution in [2.75, 3.05) is 20.1 Å². The zero-order valence-electron chi connectivity index (χ0n) is 11.1. The van der Waals surface area contributed by atoms with Crippen molar-refractivity contribution in [1.29, 1.82) is 0 Å². The molecular formula is C12H19N3O3S. The number of likely N-dealkylation sites (N-methyl/N-ethyl adjacent to an activating group) is 2. The summed E-state index contributed by atoms with van der Waals surface area (Å²) in [6, 6.07) is 6.43. The van der Waals surface area contributed by atoms with Crippen molar-refractivity contribution in [3.05, 3.63) is 29.8 Å². The molecule has 0 saturated heterocycles. The first-order valence-corrected chi connectivity index (χ1v) is 7.39. The molecule has 0 aliphatic heterocycles. The monoisotopic (exact) mass is 285 g/mol. The Morgan fingerprint density at radius 2 is 2.11 bits per heavy atom. The van der Waals surface area contributed by atoms with Gasteiger partial charge in [0.15, 0.2) is 0 Å². The molecule has 0 fully saturated rings.